The van der Waals surface area contributed by atoms with Gasteiger partial charge in [0.05, 0.1) is 11.9 Å². The van der Waals surface area contributed by atoms with Gasteiger partial charge >= 0.3 is 0 Å². The molecule has 0 bridgehead atoms. The molecule has 2 atom stereocenters. The second kappa shape index (κ2) is 17.7. The third kappa shape index (κ3) is 9.74. The molecule has 1 aliphatic heterocycles. The first-order valence-electron chi connectivity index (χ1n) is 16.9. The minimum atomic E-state index is -1.15. The molecule has 1 aliphatic rings. The summed E-state index contributed by atoms with van der Waals surface area (Å²) in [4.78, 5) is 47.3. The van der Waals surface area contributed by atoms with Gasteiger partial charge in [0.15, 0.2) is 5.82 Å². The number of aryl methyl sites for hydroxylation is 1. The predicted octanol–water partition coefficient (Wildman–Crippen LogP) is 6.60. The Hall–Kier alpha value is -4.18. The second-order valence-electron chi connectivity index (χ2n) is 13.8. The molecule has 50 heavy (non-hydrogen) atoms. The molecule has 2 heterocycles. The molecule has 1 aromatic heterocycles. The van der Waals surface area contributed by atoms with E-state index in [1.54, 1.807) is 30.9 Å². The molecule has 1 saturated heterocycles. The Labute approximate surface area is 308 Å². The summed E-state index contributed by atoms with van der Waals surface area (Å²) in [6.07, 6.45) is 7.07. The number of hydrogen-bond donors (Lipinski definition) is 3. The van der Waals surface area contributed by atoms with E-state index in [9.17, 15) is 14.4 Å². The van der Waals surface area contributed by atoms with Crippen molar-refractivity contribution in [2.75, 3.05) is 18.4 Å². The van der Waals surface area contributed by atoms with E-state index in [4.69, 9.17) is 5.73 Å². The standard InChI is InChI=1S/C39H48N6O3.2ClH/c1-28-22-24-44(25-23-28)37(48)39(4,32-20-18-31(19-21-32)30-15-9-6-10-16-30)45-26-34(41-27-45)43-35(46)33(42-36(47)38(2,3)40)17-11-14-29-12-7-5-8-13-29;;/h5-10,12-13,15-16,18-21,26-28,33H,11,14,17,22-25,40H2,1-4H3,(H,42,47)(H,43,46);2*1H/t33-,39?;;/m1../s1. The average Bonchev–Trinajstić information content (AvgIpc) is 3.57. The molecule has 1 unspecified atom stereocenters. The van der Waals surface area contributed by atoms with Crippen LogP contribution in [0.25, 0.3) is 11.1 Å². The van der Waals surface area contributed by atoms with Crippen LogP contribution in [0.15, 0.2) is 97.5 Å². The highest BCUT2D eigenvalue weighted by molar-refractivity contribution is 5.98. The maximum atomic E-state index is 14.4. The van der Waals surface area contributed by atoms with Crippen LogP contribution in [0.5, 0.6) is 0 Å². The number of piperidine rings is 1. The molecule has 9 nitrogen and oxygen atoms in total. The van der Waals surface area contributed by atoms with E-state index < -0.39 is 28.9 Å². The van der Waals surface area contributed by atoms with Gasteiger partial charge in [0, 0.05) is 19.3 Å². The second-order valence-corrected chi connectivity index (χ2v) is 13.8. The van der Waals surface area contributed by atoms with Crippen molar-refractivity contribution in [1.82, 2.24) is 19.8 Å². The largest absolute Gasteiger partial charge is 0.343 e. The number of benzene rings is 3. The van der Waals surface area contributed by atoms with Crippen LogP contribution in [-0.2, 0) is 26.3 Å². The number of rotatable bonds is 12. The molecule has 268 valence electrons. The third-order valence-electron chi connectivity index (χ3n) is 9.40. The molecular weight excluding hydrogens is 671 g/mol. The van der Waals surface area contributed by atoms with Crippen LogP contribution in [0.3, 0.4) is 0 Å². The SMILES string of the molecule is CC1CCN(C(=O)C(C)(c2ccc(-c3ccccc3)cc2)n2cnc(NC(=O)[C@@H](CCCc3ccccc3)NC(=O)C(C)(C)N)c2)CC1.Cl.Cl. The Balaban J connectivity index is 0.00000338. The van der Waals surface area contributed by atoms with Crippen molar-refractivity contribution >= 4 is 48.4 Å². The number of anilines is 1. The first-order chi connectivity index (χ1) is 22.9. The molecule has 3 aromatic carbocycles. The lowest BCUT2D eigenvalue weighted by Gasteiger charge is -2.39. The van der Waals surface area contributed by atoms with Crippen LogP contribution >= 0.6 is 24.8 Å². The molecule has 4 aromatic rings. The molecule has 0 saturated carbocycles. The van der Waals surface area contributed by atoms with E-state index in [2.05, 4.69) is 34.7 Å². The van der Waals surface area contributed by atoms with Crippen LogP contribution < -0.4 is 16.4 Å². The van der Waals surface area contributed by atoms with Crippen LogP contribution in [0.2, 0.25) is 0 Å². The number of nitrogens with zero attached hydrogens (tertiary/aromatic N) is 3. The zero-order valence-electron chi connectivity index (χ0n) is 29.3. The first kappa shape index (κ1) is 40.3. The van der Waals surface area contributed by atoms with Gasteiger partial charge in [-0.15, -0.1) is 24.8 Å². The first-order valence-corrected chi connectivity index (χ1v) is 16.9. The number of likely N-dealkylation sites (tertiary alicyclic amines) is 1. The number of carbonyl (C=O) groups is 3. The number of aromatic nitrogens is 2. The molecule has 4 N–H and O–H groups in total. The highest BCUT2D eigenvalue weighted by Crippen LogP contribution is 2.33. The lowest BCUT2D eigenvalue weighted by atomic mass is 9.87. The van der Waals surface area contributed by atoms with E-state index in [1.165, 1.54) is 0 Å². The zero-order chi connectivity index (χ0) is 34.3. The molecule has 1 fully saturated rings. The van der Waals surface area contributed by atoms with E-state index in [1.807, 2.05) is 84.6 Å². The maximum Gasteiger partial charge on any atom is 0.253 e. The fraction of sp³-hybridized carbons (Fsp3) is 0.385. The fourth-order valence-electron chi connectivity index (χ4n) is 6.13. The summed E-state index contributed by atoms with van der Waals surface area (Å²) < 4.78 is 1.78. The summed E-state index contributed by atoms with van der Waals surface area (Å²) in [5.41, 5.74) is 7.92. The number of hydrogen-bond acceptors (Lipinski definition) is 5. The van der Waals surface area contributed by atoms with E-state index in [-0.39, 0.29) is 30.7 Å². The van der Waals surface area contributed by atoms with Gasteiger partial charge in [-0.1, -0.05) is 91.9 Å². The van der Waals surface area contributed by atoms with Gasteiger partial charge in [-0.05, 0) is 81.0 Å². The van der Waals surface area contributed by atoms with Crippen LogP contribution in [0.4, 0.5) is 5.82 Å². The van der Waals surface area contributed by atoms with Gasteiger partial charge < -0.3 is 25.8 Å². The fourth-order valence-corrected chi connectivity index (χ4v) is 6.13. The highest BCUT2D eigenvalue weighted by atomic mass is 35.5. The lowest BCUT2D eigenvalue weighted by Crippen LogP contribution is -2.54. The maximum absolute atomic E-state index is 14.4. The van der Waals surface area contributed by atoms with E-state index >= 15 is 0 Å². The molecule has 0 aliphatic carbocycles. The molecule has 0 radical (unpaired) electrons. The van der Waals surface area contributed by atoms with Crippen molar-refractivity contribution in [2.24, 2.45) is 11.7 Å². The van der Waals surface area contributed by atoms with E-state index in [0.717, 1.165) is 41.5 Å². The highest BCUT2D eigenvalue weighted by Gasteiger charge is 2.41. The number of nitrogens with one attached hydrogen (secondary N) is 2. The Morgan fingerprint density at radius 3 is 2.06 bits per heavy atom. The summed E-state index contributed by atoms with van der Waals surface area (Å²) in [6, 6.07) is 27.4. The monoisotopic (exact) mass is 720 g/mol. The van der Waals surface area contributed by atoms with Crippen molar-refractivity contribution in [3.63, 3.8) is 0 Å². The minimum Gasteiger partial charge on any atom is -0.343 e. The average molecular weight is 722 g/mol. The van der Waals surface area contributed by atoms with Gasteiger partial charge in [0.25, 0.3) is 5.91 Å². The Morgan fingerprint density at radius 2 is 1.46 bits per heavy atom. The van der Waals surface area contributed by atoms with Gasteiger partial charge in [-0.25, -0.2) is 4.98 Å². The van der Waals surface area contributed by atoms with Gasteiger partial charge in [-0.3, -0.25) is 14.4 Å². The Morgan fingerprint density at radius 1 is 0.880 bits per heavy atom. The van der Waals surface area contributed by atoms with Crippen LogP contribution in [-0.4, -0.2) is 56.8 Å². The molecule has 0 spiro atoms. The topological polar surface area (TPSA) is 122 Å². The molecule has 5 rings (SSSR count). The number of amides is 3. The summed E-state index contributed by atoms with van der Waals surface area (Å²) in [7, 11) is 0. The summed E-state index contributed by atoms with van der Waals surface area (Å²) in [6.45, 7) is 8.73. The number of carbonyl (C=O) groups excluding carboxylic acids is 3. The number of halogens is 2. The minimum absolute atomic E-state index is 0. The van der Waals surface area contributed by atoms with Crippen molar-refractivity contribution in [1.29, 1.82) is 0 Å². The summed E-state index contributed by atoms with van der Waals surface area (Å²) in [5, 5.41) is 5.73. The Kier molecular flexibility index (Phi) is 14.2. The van der Waals surface area contributed by atoms with Crippen LogP contribution in [0, 0.1) is 5.92 Å². The summed E-state index contributed by atoms with van der Waals surface area (Å²) in [5.74, 6) is 0.0402. The van der Waals surface area contributed by atoms with Crippen molar-refractivity contribution in [2.45, 2.75) is 76.9 Å². The van der Waals surface area contributed by atoms with Gasteiger partial charge in [0.1, 0.15) is 11.6 Å². The van der Waals surface area contributed by atoms with Gasteiger partial charge in [0.2, 0.25) is 11.8 Å². The lowest BCUT2D eigenvalue weighted by molar-refractivity contribution is -0.139. The Bertz CT molecular complexity index is 1680. The van der Waals surface area contributed by atoms with Gasteiger partial charge in [-0.2, -0.15) is 0 Å². The number of imidazole rings is 1. The number of nitrogens with two attached hydrogens (primary N) is 1. The van der Waals surface area contributed by atoms with Crippen molar-refractivity contribution < 1.29 is 14.4 Å². The summed E-state index contributed by atoms with van der Waals surface area (Å²) >= 11 is 0. The normalized spacial score (nSPS) is 15.1. The third-order valence-corrected chi connectivity index (χ3v) is 9.40. The molecular formula is C39H50Cl2N6O3. The van der Waals surface area contributed by atoms with Crippen molar-refractivity contribution in [3.05, 3.63) is 109 Å². The predicted molar refractivity (Wildman–Crippen MR) is 205 cm³/mol. The molecule has 3 amide bonds. The zero-order valence-corrected chi connectivity index (χ0v) is 30.9. The molecule has 11 heteroatoms. The van der Waals surface area contributed by atoms with Crippen LogP contribution in [0.1, 0.15) is 64.5 Å². The smallest absolute Gasteiger partial charge is 0.253 e. The van der Waals surface area contributed by atoms with Crippen molar-refractivity contribution in [3.8, 4) is 11.1 Å². The van der Waals surface area contributed by atoms with E-state index in [0.29, 0.717) is 37.7 Å². The quantitative estimate of drug-likeness (QED) is 0.152.